The van der Waals surface area contributed by atoms with Gasteiger partial charge in [0, 0.05) is 5.69 Å². The fourth-order valence-electron chi connectivity index (χ4n) is 1.18. The molecule has 0 saturated heterocycles. The van der Waals surface area contributed by atoms with Crippen molar-refractivity contribution in [3.8, 4) is 0 Å². The van der Waals surface area contributed by atoms with Gasteiger partial charge in [0.2, 0.25) is 6.41 Å². The van der Waals surface area contributed by atoms with Gasteiger partial charge in [0.1, 0.15) is 0 Å². The first-order valence-electron chi connectivity index (χ1n) is 3.93. The SMILES string of the molecule is Cc1cc(C)c(NC=O)cc1C. The number of carbonyl (C=O) groups is 1. The van der Waals surface area contributed by atoms with E-state index in [9.17, 15) is 4.79 Å². The second-order valence-electron chi connectivity index (χ2n) is 3.01. The molecule has 64 valence electrons. The number of nitrogens with one attached hydrogen (secondary N) is 1. The van der Waals surface area contributed by atoms with Crippen molar-refractivity contribution in [3.63, 3.8) is 0 Å². The van der Waals surface area contributed by atoms with Crippen LogP contribution in [-0.2, 0) is 4.79 Å². The molecule has 0 atom stereocenters. The zero-order chi connectivity index (χ0) is 9.14. The molecular weight excluding hydrogens is 150 g/mol. The average Bonchev–Trinajstić information content (AvgIpc) is 2.01. The molecule has 0 aliphatic carbocycles. The van der Waals surface area contributed by atoms with Gasteiger partial charge >= 0.3 is 0 Å². The lowest BCUT2D eigenvalue weighted by Crippen LogP contribution is -1.97. The van der Waals surface area contributed by atoms with E-state index in [1.165, 1.54) is 11.1 Å². The molecule has 0 aromatic heterocycles. The number of anilines is 1. The average molecular weight is 163 g/mol. The maximum atomic E-state index is 10.2. The first-order valence-corrected chi connectivity index (χ1v) is 3.93. The zero-order valence-corrected chi connectivity index (χ0v) is 7.64. The molecule has 1 N–H and O–H groups in total. The van der Waals surface area contributed by atoms with Crippen molar-refractivity contribution >= 4 is 12.1 Å². The minimum absolute atomic E-state index is 0.705. The molecule has 2 heteroatoms. The third-order valence-corrected chi connectivity index (χ3v) is 2.06. The molecule has 1 aromatic rings. The highest BCUT2D eigenvalue weighted by atomic mass is 16.1. The maximum Gasteiger partial charge on any atom is 0.211 e. The zero-order valence-electron chi connectivity index (χ0n) is 7.64. The lowest BCUT2D eigenvalue weighted by molar-refractivity contribution is -0.105. The van der Waals surface area contributed by atoms with E-state index >= 15 is 0 Å². The van der Waals surface area contributed by atoms with Crippen molar-refractivity contribution < 1.29 is 4.79 Å². The summed E-state index contributed by atoms with van der Waals surface area (Å²) in [6.45, 7) is 6.08. The Kier molecular flexibility index (Phi) is 2.48. The highest BCUT2D eigenvalue weighted by molar-refractivity contribution is 5.74. The molecule has 0 fully saturated rings. The number of amides is 1. The van der Waals surface area contributed by atoms with E-state index in [1.54, 1.807) is 0 Å². The minimum atomic E-state index is 0.705. The number of aryl methyl sites for hydroxylation is 3. The van der Waals surface area contributed by atoms with Gasteiger partial charge in [-0.1, -0.05) is 6.07 Å². The van der Waals surface area contributed by atoms with Crippen molar-refractivity contribution in [2.75, 3.05) is 5.32 Å². The van der Waals surface area contributed by atoms with Gasteiger partial charge in [0.25, 0.3) is 0 Å². The van der Waals surface area contributed by atoms with Crippen LogP contribution in [0.3, 0.4) is 0 Å². The first-order chi connectivity index (χ1) is 5.65. The van der Waals surface area contributed by atoms with E-state index in [2.05, 4.69) is 18.3 Å². The van der Waals surface area contributed by atoms with Gasteiger partial charge < -0.3 is 5.32 Å². The monoisotopic (exact) mass is 163 g/mol. The van der Waals surface area contributed by atoms with Gasteiger partial charge in [-0.05, 0) is 43.5 Å². The van der Waals surface area contributed by atoms with Crippen LogP contribution in [0.5, 0.6) is 0 Å². The van der Waals surface area contributed by atoms with Crippen LogP contribution in [0, 0.1) is 20.8 Å². The molecule has 0 saturated carbocycles. The smallest absolute Gasteiger partial charge is 0.211 e. The molecule has 2 nitrogen and oxygen atoms in total. The summed E-state index contributed by atoms with van der Waals surface area (Å²) >= 11 is 0. The Morgan fingerprint density at radius 3 is 2.25 bits per heavy atom. The Balaban J connectivity index is 3.13. The van der Waals surface area contributed by atoms with Crippen molar-refractivity contribution in [1.29, 1.82) is 0 Å². The van der Waals surface area contributed by atoms with Crippen LogP contribution >= 0.6 is 0 Å². The van der Waals surface area contributed by atoms with Crippen LogP contribution < -0.4 is 5.32 Å². The van der Waals surface area contributed by atoms with Gasteiger partial charge in [-0.25, -0.2) is 0 Å². The first kappa shape index (κ1) is 8.78. The highest BCUT2D eigenvalue weighted by Gasteiger charge is 1.99. The van der Waals surface area contributed by atoms with Crippen LogP contribution in [0.25, 0.3) is 0 Å². The molecule has 0 bridgehead atoms. The largest absolute Gasteiger partial charge is 0.328 e. The Hall–Kier alpha value is -1.31. The molecule has 1 aromatic carbocycles. The summed E-state index contributed by atoms with van der Waals surface area (Å²) < 4.78 is 0. The van der Waals surface area contributed by atoms with E-state index in [1.807, 2.05) is 19.9 Å². The fourth-order valence-corrected chi connectivity index (χ4v) is 1.18. The normalized spacial score (nSPS) is 9.58. The Bertz CT molecular complexity index is 305. The third kappa shape index (κ3) is 1.64. The summed E-state index contributed by atoms with van der Waals surface area (Å²) in [5.74, 6) is 0. The van der Waals surface area contributed by atoms with Gasteiger partial charge in [-0.15, -0.1) is 0 Å². The highest BCUT2D eigenvalue weighted by Crippen LogP contribution is 2.18. The maximum absolute atomic E-state index is 10.2. The van der Waals surface area contributed by atoms with Gasteiger partial charge in [0.15, 0.2) is 0 Å². The molecule has 0 aliphatic rings. The minimum Gasteiger partial charge on any atom is -0.328 e. The molecule has 0 unspecified atom stereocenters. The molecule has 0 heterocycles. The molecule has 0 aliphatic heterocycles. The third-order valence-electron chi connectivity index (χ3n) is 2.06. The van der Waals surface area contributed by atoms with Crippen LogP contribution in [0.2, 0.25) is 0 Å². The van der Waals surface area contributed by atoms with Crippen molar-refractivity contribution in [1.82, 2.24) is 0 Å². The Morgan fingerprint density at radius 2 is 1.67 bits per heavy atom. The number of benzene rings is 1. The second kappa shape index (κ2) is 3.39. The van der Waals surface area contributed by atoms with Crippen molar-refractivity contribution in [2.45, 2.75) is 20.8 Å². The Labute approximate surface area is 72.6 Å². The summed E-state index contributed by atoms with van der Waals surface area (Å²) in [7, 11) is 0. The fraction of sp³-hybridized carbons (Fsp3) is 0.300. The standard InChI is InChI=1S/C10H13NO/c1-7-4-9(3)10(11-6-12)5-8(7)2/h4-6H,1-3H3,(H,11,12). The predicted octanol–water partition coefficient (Wildman–Crippen LogP) is 2.18. The summed E-state index contributed by atoms with van der Waals surface area (Å²) in [5.41, 5.74) is 4.45. The van der Waals surface area contributed by atoms with Crippen LogP contribution in [0.4, 0.5) is 5.69 Å². The van der Waals surface area contributed by atoms with Crippen LogP contribution in [-0.4, -0.2) is 6.41 Å². The van der Waals surface area contributed by atoms with E-state index < -0.39 is 0 Å². The molecule has 0 radical (unpaired) electrons. The lowest BCUT2D eigenvalue weighted by Gasteiger charge is -2.07. The van der Waals surface area contributed by atoms with E-state index in [4.69, 9.17) is 0 Å². The van der Waals surface area contributed by atoms with E-state index in [0.29, 0.717) is 6.41 Å². The van der Waals surface area contributed by atoms with E-state index in [-0.39, 0.29) is 0 Å². The predicted molar refractivity (Wildman–Crippen MR) is 50.3 cm³/mol. The van der Waals surface area contributed by atoms with Crippen LogP contribution in [0.15, 0.2) is 12.1 Å². The second-order valence-corrected chi connectivity index (χ2v) is 3.01. The summed E-state index contributed by atoms with van der Waals surface area (Å²) in [5, 5.41) is 2.66. The summed E-state index contributed by atoms with van der Waals surface area (Å²) in [6, 6.07) is 4.06. The molecule has 1 amide bonds. The molecule has 12 heavy (non-hydrogen) atoms. The Morgan fingerprint density at radius 1 is 1.08 bits per heavy atom. The number of rotatable bonds is 2. The lowest BCUT2D eigenvalue weighted by atomic mass is 10.1. The molecular formula is C10H13NO. The number of hydrogen-bond acceptors (Lipinski definition) is 1. The topological polar surface area (TPSA) is 29.1 Å². The van der Waals surface area contributed by atoms with Gasteiger partial charge in [-0.3, -0.25) is 4.79 Å². The van der Waals surface area contributed by atoms with Crippen molar-refractivity contribution in [2.24, 2.45) is 0 Å². The molecule has 0 spiro atoms. The quantitative estimate of drug-likeness (QED) is 0.665. The van der Waals surface area contributed by atoms with Crippen LogP contribution in [0.1, 0.15) is 16.7 Å². The number of hydrogen-bond donors (Lipinski definition) is 1. The molecule has 1 rings (SSSR count). The van der Waals surface area contributed by atoms with E-state index in [0.717, 1.165) is 11.3 Å². The summed E-state index contributed by atoms with van der Waals surface area (Å²) in [4.78, 5) is 10.2. The van der Waals surface area contributed by atoms with Gasteiger partial charge in [-0.2, -0.15) is 0 Å². The van der Waals surface area contributed by atoms with Crippen molar-refractivity contribution in [3.05, 3.63) is 28.8 Å². The summed E-state index contributed by atoms with van der Waals surface area (Å²) in [6.07, 6.45) is 0.705. The van der Waals surface area contributed by atoms with Gasteiger partial charge in [0.05, 0.1) is 0 Å². The number of carbonyl (C=O) groups excluding carboxylic acids is 1.